The lowest BCUT2D eigenvalue weighted by Gasteiger charge is -1.99. The first-order valence-corrected chi connectivity index (χ1v) is 6.04. The van der Waals surface area contributed by atoms with E-state index < -0.39 is 0 Å². The average molecular weight is 257 g/mol. The van der Waals surface area contributed by atoms with Crippen molar-refractivity contribution in [2.45, 2.75) is 6.42 Å². The van der Waals surface area contributed by atoms with Gasteiger partial charge < -0.3 is 16.0 Å². The smallest absolute Gasteiger partial charge is 0.201 e. The summed E-state index contributed by atoms with van der Waals surface area (Å²) >= 11 is 0. The van der Waals surface area contributed by atoms with Gasteiger partial charge in [0.05, 0.1) is 11.0 Å². The molecule has 0 aliphatic carbocycles. The zero-order chi connectivity index (χ0) is 13.2. The highest BCUT2D eigenvalue weighted by molar-refractivity contribution is 5.80. The fraction of sp³-hybridized carbons (Fsp3) is 0.250. The molecule has 0 aliphatic heterocycles. The SMILES string of the molecule is Cn1cnc(CCNc2nc3ccc(N)cc3[nH]2)n1. The summed E-state index contributed by atoms with van der Waals surface area (Å²) in [6.07, 6.45) is 2.44. The second-order valence-corrected chi connectivity index (χ2v) is 4.37. The third kappa shape index (κ3) is 2.49. The number of hydrogen-bond acceptors (Lipinski definition) is 5. The van der Waals surface area contributed by atoms with Gasteiger partial charge in [0.15, 0.2) is 5.82 Å². The van der Waals surface area contributed by atoms with E-state index in [4.69, 9.17) is 5.73 Å². The summed E-state index contributed by atoms with van der Waals surface area (Å²) in [7, 11) is 1.85. The number of aromatic nitrogens is 5. The molecular weight excluding hydrogens is 242 g/mol. The van der Waals surface area contributed by atoms with Gasteiger partial charge in [-0.25, -0.2) is 9.97 Å². The number of nitrogens with zero attached hydrogens (tertiary/aromatic N) is 4. The van der Waals surface area contributed by atoms with Crippen molar-refractivity contribution in [1.82, 2.24) is 24.7 Å². The Kier molecular flexibility index (Phi) is 2.79. The Morgan fingerprint density at radius 2 is 2.32 bits per heavy atom. The van der Waals surface area contributed by atoms with Gasteiger partial charge in [-0.15, -0.1) is 0 Å². The van der Waals surface area contributed by atoms with Crippen molar-refractivity contribution < 1.29 is 0 Å². The van der Waals surface area contributed by atoms with Crippen LogP contribution in [0.5, 0.6) is 0 Å². The first kappa shape index (κ1) is 11.5. The van der Waals surface area contributed by atoms with E-state index in [9.17, 15) is 0 Å². The van der Waals surface area contributed by atoms with E-state index in [0.717, 1.165) is 41.5 Å². The van der Waals surface area contributed by atoms with Crippen LogP contribution in [0.4, 0.5) is 11.6 Å². The number of aryl methyl sites for hydroxylation is 1. The van der Waals surface area contributed by atoms with Gasteiger partial charge in [0.2, 0.25) is 5.95 Å². The fourth-order valence-corrected chi connectivity index (χ4v) is 1.90. The number of imidazole rings is 1. The third-order valence-electron chi connectivity index (χ3n) is 2.79. The van der Waals surface area contributed by atoms with Gasteiger partial charge >= 0.3 is 0 Å². The van der Waals surface area contributed by atoms with Crippen LogP contribution in [0.2, 0.25) is 0 Å². The second kappa shape index (κ2) is 4.60. The van der Waals surface area contributed by atoms with Gasteiger partial charge in [0.25, 0.3) is 0 Å². The molecule has 0 amide bonds. The lowest BCUT2D eigenvalue weighted by molar-refractivity contribution is 0.741. The van der Waals surface area contributed by atoms with E-state index >= 15 is 0 Å². The summed E-state index contributed by atoms with van der Waals surface area (Å²) in [6, 6.07) is 5.60. The molecule has 7 nitrogen and oxygen atoms in total. The molecule has 0 bridgehead atoms. The Bertz CT molecular complexity index is 697. The van der Waals surface area contributed by atoms with Crippen molar-refractivity contribution in [2.24, 2.45) is 7.05 Å². The topological polar surface area (TPSA) is 97.4 Å². The van der Waals surface area contributed by atoms with Crippen molar-refractivity contribution >= 4 is 22.7 Å². The van der Waals surface area contributed by atoms with Gasteiger partial charge in [-0.05, 0) is 18.2 Å². The molecule has 0 fully saturated rings. The molecular formula is C12H15N7. The van der Waals surface area contributed by atoms with Crippen LogP contribution < -0.4 is 11.1 Å². The molecule has 0 saturated carbocycles. The molecule has 3 rings (SSSR count). The molecule has 0 unspecified atom stereocenters. The van der Waals surface area contributed by atoms with Crippen molar-refractivity contribution in [3.05, 3.63) is 30.4 Å². The largest absolute Gasteiger partial charge is 0.399 e. The molecule has 0 atom stereocenters. The average Bonchev–Trinajstić information content (AvgIpc) is 2.95. The minimum atomic E-state index is 0.722. The maximum Gasteiger partial charge on any atom is 0.201 e. The van der Waals surface area contributed by atoms with Gasteiger partial charge in [0, 0.05) is 25.7 Å². The molecule has 2 aromatic heterocycles. The van der Waals surface area contributed by atoms with Gasteiger partial charge in [-0.2, -0.15) is 5.10 Å². The summed E-state index contributed by atoms with van der Waals surface area (Å²) in [5.74, 6) is 1.55. The summed E-state index contributed by atoms with van der Waals surface area (Å²) in [5.41, 5.74) is 8.27. The number of nitrogens with one attached hydrogen (secondary N) is 2. The molecule has 98 valence electrons. The molecule has 0 aliphatic rings. The highest BCUT2D eigenvalue weighted by Gasteiger charge is 2.03. The zero-order valence-electron chi connectivity index (χ0n) is 10.6. The molecule has 4 N–H and O–H groups in total. The Hall–Kier alpha value is -2.57. The molecule has 1 aromatic carbocycles. The van der Waals surface area contributed by atoms with Crippen LogP contribution >= 0.6 is 0 Å². The quantitative estimate of drug-likeness (QED) is 0.604. The van der Waals surface area contributed by atoms with Crippen molar-refractivity contribution in [2.75, 3.05) is 17.6 Å². The van der Waals surface area contributed by atoms with E-state index in [1.165, 1.54) is 0 Å². The maximum atomic E-state index is 5.72. The number of benzene rings is 1. The summed E-state index contributed by atoms with van der Waals surface area (Å²) < 4.78 is 1.69. The van der Waals surface area contributed by atoms with Crippen LogP contribution in [0.25, 0.3) is 11.0 Å². The Morgan fingerprint density at radius 1 is 1.42 bits per heavy atom. The Morgan fingerprint density at radius 3 is 3.11 bits per heavy atom. The number of H-pyrrole nitrogens is 1. The number of anilines is 2. The van der Waals surface area contributed by atoms with Crippen LogP contribution in [0, 0.1) is 0 Å². The standard InChI is InChI=1S/C12H15N7/c1-19-7-15-11(18-19)4-5-14-12-16-9-3-2-8(13)6-10(9)17-12/h2-3,6-7H,4-5,13H2,1H3,(H2,14,16,17). The summed E-state index contributed by atoms with van der Waals surface area (Å²) in [5, 5.41) is 7.43. The number of rotatable bonds is 4. The third-order valence-corrected chi connectivity index (χ3v) is 2.79. The summed E-state index contributed by atoms with van der Waals surface area (Å²) in [6.45, 7) is 0.722. The highest BCUT2D eigenvalue weighted by atomic mass is 15.3. The Balaban J connectivity index is 1.65. The normalized spacial score (nSPS) is 11.0. The van der Waals surface area contributed by atoms with Crippen LogP contribution in [0.15, 0.2) is 24.5 Å². The molecule has 2 heterocycles. The van der Waals surface area contributed by atoms with E-state index in [2.05, 4.69) is 25.4 Å². The predicted octanol–water partition coefficient (Wildman–Crippen LogP) is 0.928. The number of nitrogens with two attached hydrogens (primary N) is 1. The van der Waals surface area contributed by atoms with Gasteiger partial charge in [-0.3, -0.25) is 4.68 Å². The minimum Gasteiger partial charge on any atom is -0.399 e. The minimum absolute atomic E-state index is 0.722. The van der Waals surface area contributed by atoms with E-state index in [-0.39, 0.29) is 0 Å². The molecule has 3 aromatic rings. The Labute approximate surface area is 109 Å². The van der Waals surface area contributed by atoms with E-state index in [0.29, 0.717) is 0 Å². The fourth-order valence-electron chi connectivity index (χ4n) is 1.90. The first-order valence-electron chi connectivity index (χ1n) is 6.04. The first-order chi connectivity index (χ1) is 9.20. The molecule has 19 heavy (non-hydrogen) atoms. The number of aromatic amines is 1. The predicted molar refractivity (Wildman–Crippen MR) is 73.7 cm³/mol. The van der Waals surface area contributed by atoms with Crippen LogP contribution in [0.1, 0.15) is 5.82 Å². The number of fused-ring (bicyclic) bond motifs is 1. The lowest BCUT2D eigenvalue weighted by atomic mass is 10.3. The van der Waals surface area contributed by atoms with Gasteiger partial charge in [-0.1, -0.05) is 0 Å². The number of nitrogen functional groups attached to an aromatic ring is 1. The highest BCUT2D eigenvalue weighted by Crippen LogP contribution is 2.16. The monoisotopic (exact) mass is 257 g/mol. The van der Waals surface area contributed by atoms with E-state index in [1.807, 2.05) is 25.2 Å². The zero-order valence-corrected chi connectivity index (χ0v) is 10.6. The van der Waals surface area contributed by atoms with Crippen molar-refractivity contribution in [3.63, 3.8) is 0 Å². The van der Waals surface area contributed by atoms with Crippen molar-refractivity contribution in [1.29, 1.82) is 0 Å². The van der Waals surface area contributed by atoms with Gasteiger partial charge in [0.1, 0.15) is 6.33 Å². The van der Waals surface area contributed by atoms with Crippen LogP contribution in [0.3, 0.4) is 0 Å². The summed E-state index contributed by atoms with van der Waals surface area (Å²) in [4.78, 5) is 11.8. The number of hydrogen-bond donors (Lipinski definition) is 3. The maximum absolute atomic E-state index is 5.72. The van der Waals surface area contributed by atoms with Crippen LogP contribution in [-0.4, -0.2) is 31.3 Å². The second-order valence-electron chi connectivity index (χ2n) is 4.37. The molecule has 0 radical (unpaired) electrons. The molecule has 7 heteroatoms. The molecule has 0 saturated heterocycles. The van der Waals surface area contributed by atoms with E-state index in [1.54, 1.807) is 11.0 Å². The molecule has 0 spiro atoms. The lowest BCUT2D eigenvalue weighted by Crippen LogP contribution is -2.07. The van der Waals surface area contributed by atoms with Crippen LogP contribution in [-0.2, 0) is 13.5 Å². The van der Waals surface area contributed by atoms with Crippen molar-refractivity contribution in [3.8, 4) is 0 Å².